The zero-order valence-corrected chi connectivity index (χ0v) is 21.6. The molecule has 36 heavy (non-hydrogen) atoms. The molecule has 2 aliphatic rings. The van der Waals surface area contributed by atoms with Crippen LogP contribution in [0.25, 0.3) is 0 Å². The van der Waals surface area contributed by atoms with Gasteiger partial charge in [0.05, 0.1) is 20.3 Å². The standard InChI is InChI=1S/C30H35NO5/c1-5-15-35-24-13-9-21(10-14-24)28-27(30(33)36-16-6-2)19(3)31-25-17-22(18-26(32)29(25)28)20-7-11-23(34-4)12-8-20/h7-14,22,27-28H,5-6,15-18H2,1-4H3. The number of ether oxygens (including phenoxy) is 3. The number of Topliss-reactive ketones (excluding diaryl/α,β-unsaturated/α-hetero) is 1. The fourth-order valence-corrected chi connectivity index (χ4v) is 5.12. The number of benzene rings is 2. The highest BCUT2D eigenvalue weighted by atomic mass is 16.5. The van der Waals surface area contributed by atoms with E-state index in [1.165, 1.54) is 0 Å². The van der Waals surface area contributed by atoms with Gasteiger partial charge in [-0.3, -0.25) is 14.6 Å². The molecule has 2 aromatic carbocycles. The molecular weight excluding hydrogens is 454 g/mol. The molecule has 1 heterocycles. The molecule has 0 spiro atoms. The van der Waals surface area contributed by atoms with Gasteiger partial charge in [0, 0.05) is 29.3 Å². The summed E-state index contributed by atoms with van der Waals surface area (Å²) in [7, 11) is 1.64. The van der Waals surface area contributed by atoms with E-state index in [1.807, 2.05) is 62.4 Å². The van der Waals surface area contributed by atoms with E-state index in [9.17, 15) is 9.59 Å². The number of aliphatic imine (C=N–C) groups is 1. The van der Waals surface area contributed by atoms with Gasteiger partial charge in [-0.1, -0.05) is 38.1 Å². The van der Waals surface area contributed by atoms with Gasteiger partial charge in [0.1, 0.15) is 17.4 Å². The van der Waals surface area contributed by atoms with Gasteiger partial charge >= 0.3 is 5.97 Å². The van der Waals surface area contributed by atoms with Crippen LogP contribution in [0.1, 0.15) is 69.4 Å². The Kier molecular flexibility index (Phi) is 8.24. The van der Waals surface area contributed by atoms with Gasteiger partial charge in [0.2, 0.25) is 0 Å². The lowest BCUT2D eigenvalue weighted by Gasteiger charge is -2.36. The van der Waals surface area contributed by atoms with Crippen LogP contribution >= 0.6 is 0 Å². The van der Waals surface area contributed by atoms with Gasteiger partial charge in [-0.05, 0) is 67.5 Å². The molecule has 0 saturated carbocycles. The third-order valence-corrected chi connectivity index (χ3v) is 6.89. The summed E-state index contributed by atoms with van der Waals surface area (Å²) in [5.74, 6) is 0.255. The molecule has 4 rings (SSSR count). The zero-order chi connectivity index (χ0) is 25.7. The minimum atomic E-state index is -0.626. The summed E-state index contributed by atoms with van der Waals surface area (Å²) in [6, 6.07) is 15.6. The first kappa shape index (κ1) is 25.7. The maximum absolute atomic E-state index is 13.7. The Morgan fingerprint density at radius 1 is 0.917 bits per heavy atom. The van der Waals surface area contributed by atoms with Crippen molar-refractivity contribution in [2.75, 3.05) is 20.3 Å². The lowest BCUT2D eigenvalue weighted by molar-refractivity contribution is -0.146. The molecule has 0 bridgehead atoms. The van der Waals surface area contributed by atoms with Crippen molar-refractivity contribution in [2.45, 2.75) is 58.3 Å². The van der Waals surface area contributed by atoms with E-state index in [4.69, 9.17) is 19.2 Å². The average Bonchev–Trinajstić information content (AvgIpc) is 2.90. The molecule has 3 atom stereocenters. The minimum Gasteiger partial charge on any atom is -0.497 e. The number of esters is 1. The van der Waals surface area contributed by atoms with Crippen LogP contribution < -0.4 is 9.47 Å². The van der Waals surface area contributed by atoms with Crippen molar-refractivity contribution < 1.29 is 23.8 Å². The molecule has 0 radical (unpaired) electrons. The van der Waals surface area contributed by atoms with Crippen LogP contribution in [0.5, 0.6) is 11.5 Å². The van der Waals surface area contributed by atoms with Crippen LogP contribution in [-0.2, 0) is 14.3 Å². The number of carbonyl (C=O) groups is 2. The van der Waals surface area contributed by atoms with Gasteiger partial charge in [-0.2, -0.15) is 0 Å². The van der Waals surface area contributed by atoms with Crippen LogP contribution in [0, 0.1) is 5.92 Å². The molecule has 6 heteroatoms. The molecule has 1 aliphatic heterocycles. The second-order valence-electron chi connectivity index (χ2n) is 9.46. The molecule has 3 unspecified atom stereocenters. The van der Waals surface area contributed by atoms with Crippen molar-refractivity contribution >= 4 is 17.5 Å². The maximum atomic E-state index is 13.7. The van der Waals surface area contributed by atoms with Crippen LogP contribution in [-0.4, -0.2) is 37.8 Å². The predicted octanol–water partition coefficient (Wildman–Crippen LogP) is 6.01. The molecule has 0 N–H and O–H groups in total. The third kappa shape index (κ3) is 5.38. The van der Waals surface area contributed by atoms with Crippen LogP contribution in [0.3, 0.4) is 0 Å². The summed E-state index contributed by atoms with van der Waals surface area (Å²) in [4.78, 5) is 31.7. The Morgan fingerprint density at radius 3 is 2.19 bits per heavy atom. The molecule has 0 aromatic heterocycles. The number of ketones is 1. The molecule has 6 nitrogen and oxygen atoms in total. The van der Waals surface area contributed by atoms with Crippen molar-refractivity contribution in [1.29, 1.82) is 0 Å². The highest BCUT2D eigenvalue weighted by Gasteiger charge is 2.44. The minimum absolute atomic E-state index is 0.0350. The van der Waals surface area contributed by atoms with Crippen molar-refractivity contribution in [3.63, 3.8) is 0 Å². The number of hydrogen-bond acceptors (Lipinski definition) is 6. The van der Waals surface area contributed by atoms with Crippen molar-refractivity contribution in [1.82, 2.24) is 0 Å². The summed E-state index contributed by atoms with van der Waals surface area (Å²) < 4.78 is 16.6. The summed E-state index contributed by atoms with van der Waals surface area (Å²) in [5, 5.41) is 0. The highest BCUT2D eigenvalue weighted by molar-refractivity contribution is 6.09. The van der Waals surface area contributed by atoms with Gasteiger partial charge in [-0.15, -0.1) is 0 Å². The van der Waals surface area contributed by atoms with Crippen LogP contribution in [0.15, 0.2) is 64.8 Å². The van der Waals surface area contributed by atoms with Crippen molar-refractivity contribution in [2.24, 2.45) is 10.9 Å². The SMILES string of the molecule is CCCOC(=O)C1C(C)=NC2=C(C(=O)CC(c3ccc(OC)cc3)C2)C1c1ccc(OCCC)cc1. The van der Waals surface area contributed by atoms with Gasteiger partial charge in [-0.25, -0.2) is 0 Å². The van der Waals surface area contributed by atoms with Gasteiger partial charge in [0.15, 0.2) is 5.78 Å². The molecule has 190 valence electrons. The second-order valence-corrected chi connectivity index (χ2v) is 9.46. The monoisotopic (exact) mass is 489 g/mol. The Morgan fingerprint density at radius 2 is 1.56 bits per heavy atom. The zero-order valence-electron chi connectivity index (χ0n) is 21.6. The number of allylic oxidation sites excluding steroid dienone is 2. The van der Waals surface area contributed by atoms with E-state index < -0.39 is 11.8 Å². The average molecular weight is 490 g/mol. The lowest BCUT2D eigenvalue weighted by Crippen LogP contribution is -2.38. The first-order valence-electron chi connectivity index (χ1n) is 12.8. The predicted molar refractivity (Wildman–Crippen MR) is 140 cm³/mol. The normalized spacial score (nSPS) is 21.5. The summed E-state index contributed by atoms with van der Waals surface area (Å²) in [5.41, 5.74) is 4.10. The van der Waals surface area contributed by atoms with E-state index in [1.54, 1.807) is 7.11 Å². The summed E-state index contributed by atoms with van der Waals surface area (Å²) >= 11 is 0. The summed E-state index contributed by atoms with van der Waals surface area (Å²) in [6.45, 7) is 6.88. The number of hydrogen-bond donors (Lipinski definition) is 0. The van der Waals surface area contributed by atoms with Crippen LogP contribution in [0.4, 0.5) is 0 Å². The fourth-order valence-electron chi connectivity index (χ4n) is 5.12. The molecular formula is C30H35NO5. The Balaban J connectivity index is 1.71. The number of methoxy groups -OCH3 is 1. The van der Waals surface area contributed by atoms with Crippen molar-refractivity contribution in [3.05, 3.63) is 70.9 Å². The number of nitrogens with zero attached hydrogens (tertiary/aromatic N) is 1. The van der Waals surface area contributed by atoms with Crippen molar-refractivity contribution in [3.8, 4) is 11.5 Å². The van der Waals surface area contributed by atoms with E-state index in [0.29, 0.717) is 37.3 Å². The first-order chi connectivity index (χ1) is 17.5. The highest BCUT2D eigenvalue weighted by Crippen LogP contribution is 2.47. The molecule has 0 saturated heterocycles. The van der Waals surface area contributed by atoms with Gasteiger partial charge < -0.3 is 14.2 Å². The quantitative estimate of drug-likeness (QED) is 0.403. The fraction of sp³-hybridized carbons (Fsp3) is 0.433. The second kappa shape index (κ2) is 11.5. The largest absolute Gasteiger partial charge is 0.497 e. The van der Waals surface area contributed by atoms with Crippen LogP contribution in [0.2, 0.25) is 0 Å². The molecule has 0 amide bonds. The third-order valence-electron chi connectivity index (χ3n) is 6.89. The van der Waals surface area contributed by atoms with E-state index >= 15 is 0 Å². The molecule has 2 aromatic rings. The molecule has 1 aliphatic carbocycles. The summed E-state index contributed by atoms with van der Waals surface area (Å²) in [6.07, 6.45) is 2.69. The van der Waals surface area contributed by atoms with E-state index in [2.05, 4.69) is 6.92 Å². The van der Waals surface area contributed by atoms with E-state index in [-0.39, 0.29) is 17.7 Å². The lowest BCUT2D eigenvalue weighted by atomic mass is 9.69. The Bertz CT molecular complexity index is 1150. The first-order valence-corrected chi connectivity index (χ1v) is 12.8. The van der Waals surface area contributed by atoms with Gasteiger partial charge in [0.25, 0.3) is 0 Å². The number of rotatable bonds is 9. The number of carbonyl (C=O) groups excluding carboxylic acids is 2. The smallest absolute Gasteiger partial charge is 0.315 e. The van der Waals surface area contributed by atoms with E-state index in [0.717, 1.165) is 41.2 Å². The maximum Gasteiger partial charge on any atom is 0.315 e. The Labute approximate surface area is 213 Å². The topological polar surface area (TPSA) is 74.2 Å². The molecule has 0 fully saturated rings. The Hall–Kier alpha value is -3.41.